The van der Waals surface area contributed by atoms with Gasteiger partial charge in [0.1, 0.15) is 11.5 Å². The van der Waals surface area contributed by atoms with Crippen LogP contribution in [0, 0.1) is 0 Å². The van der Waals surface area contributed by atoms with Crippen LogP contribution in [0.15, 0.2) is 27.2 Å². The summed E-state index contributed by atoms with van der Waals surface area (Å²) in [4.78, 5) is 4.48. The highest BCUT2D eigenvalue weighted by Gasteiger charge is 2.16. The van der Waals surface area contributed by atoms with E-state index in [0.29, 0.717) is 0 Å². The minimum Gasteiger partial charge on any atom is -0.469 e. The van der Waals surface area contributed by atoms with Crippen LogP contribution in [0.3, 0.4) is 0 Å². The summed E-state index contributed by atoms with van der Waals surface area (Å²) in [7, 11) is 0. The van der Waals surface area contributed by atoms with Gasteiger partial charge >= 0.3 is 0 Å². The molecule has 0 amide bonds. The number of nitrogens with zero attached hydrogens (tertiary/aromatic N) is 1. The average Bonchev–Trinajstić information content (AvgIpc) is 2.95. The minimum absolute atomic E-state index is 0.806. The summed E-state index contributed by atoms with van der Waals surface area (Å²) in [6.07, 6.45) is 4.29. The van der Waals surface area contributed by atoms with Gasteiger partial charge in [0.2, 0.25) is 0 Å². The van der Waals surface area contributed by atoms with Crippen molar-refractivity contribution >= 4 is 0 Å². The molecule has 0 unspecified atom stereocenters. The lowest BCUT2D eigenvalue weighted by Gasteiger charge is -2.08. The highest BCUT2D eigenvalue weighted by Crippen LogP contribution is 2.16. The van der Waals surface area contributed by atoms with Crippen molar-refractivity contribution in [2.45, 2.75) is 25.8 Å². The van der Waals surface area contributed by atoms with Gasteiger partial charge in [-0.1, -0.05) is 0 Å². The first kappa shape index (κ1) is 9.66. The van der Waals surface area contributed by atoms with Gasteiger partial charge in [-0.3, -0.25) is 0 Å². The van der Waals surface area contributed by atoms with Gasteiger partial charge in [-0.25, -0.2) is 4.98 Å². The molecule has 3 heterocycles. The Hall–Kier alpha value is -1.55. The van der Waals surface area contributed by atoms with Crippen molar-refractivity contribution in [2.24, 2.45) is 0 Å². The largest absolute Gasteiger partial charge is 0.469 e. The molecule has 0 saturated heterocycles. The number of oxazole rings is 1. The Balaban J connectivity index is 1.68. The topological polar surface area (TPSA) is 51.2 Å². The Labute approximate surface area is 93.7 Å². The number of nitrogens with one attached hydrogen (secondary N) is 1. The molecule has 1 aliphatic heterocycles. The summed E-state index contributed by atoms with van der Waals surface area (Å²) in [6.45, 7) is 1.82. The summed E-state index contributed by atoms with van der Waals surface area (Å²) >= 11 is 0. The van der Waals surface area contributed by atoms with E-state index in [2.05, 4.69) is 10.3 Å². The van der Waals surface area contributed by atoms with Gasteiger partial charge in [-0.15, -0.1) is 0 Å². The number of furan rings is 1. The molecule has 2 aromatic rings. The van der Waals surface area contributed by atoms with Crippen LogP contribution in [-0.2, 0) is 25.8 Å². The van der Waals surface area contributed by atoms with Crippen molar-refractivity contribution in [1.82, 2.24) is 10.3 Å². The molecule has 0 radical (unpaired) electrons. The molecule has 0 aromatic carbocycles. The van der Waals surface area contributed by atoms with E-state index in [9.17, 15) is 0 Å². The van der Waals surface area contributed by atoms with Crippen LogP contribution < -0.4 is 5.32 Å². The number of hydrogen-bond acceptors (Lipinski definition) is 4. The molecule has 4 heteroatoms. The van der Waals surface area contributed by atoms with Gasteiger partial charge in [0.15, 0.2) is 5.89 Å². The molecule has 2 aromatic heterocycles. The van der Waals surface area contributed by atoms with Crippen molar-refractivity contribution in [2.75, 3.05) is 6.54 Å². The van der Waals surface area contributed by atoms with E-state index >= 15 is 0 Å². The van der Waals surface area contributed by atoms with Crippen molar-refractivity contribution in [3.8, 4) is 0 Å². The maximum absolute atomic E-state index is 5.71. The molecule has 0 saturated carbocycles. The van der Waals surface area contributed by atoms with Crippen LogP contribution >= 0.6 is 0 Å². The molecule has 1 N–H and O–H groups in total. The summed E-state index contributed by atoms with van der Waals surface area (Å²) in [5.41, 5.74) is 1.07. The standard InChI is InChI=1S/C12H14N2O2/c1-2-9(15-7-1)3-4-12-14-10-8-13-6-5-11(10)16-12/h1-2,7,13H,3-6,8H2. The molecule has 1 aliphatic rings. The highest BCUT2D eigenvalue weighted by molar-refractivity contribution is 5.13. The van der Waals surface area contributed by atoms with E-state index in [1.165, 1.54) is 0 Å². The van der Waals surface area contributed by atoms with E-state index in [0.717, 1.165) is 55.5 Å². The molecule has 0 spiro atoms. The lowest BCUT2D eigenvalue weighted by molar-refractivity contribution is 0.428. The van der Waals surface area contributed by atoms with Crippen LogP contribution in [-0.4, -0.2) is 11.5 Å². The number of hydrogen-bond donors (Lipinski definition) is 1. The lowest BCUT2D eigenvalue weighted by atomic mass is 10.2. The predicted octanol–water partition coefficient (Wildman–Crippen LogP) is 1.70. The molecule has 0 atom stereocenters. The van der Waals surface area contributed by atoms with Gasteiger partial charge in [0.25, 0.3) is 0 Å². The molecule has 0 fully saturated rings. The zero-order valence-electron chi connectivity index (χ0n) is 9.03. The average molecular weight is 218 g/mol. The Morgan fingerprint density at radius 1 is 1.38 bits per heavy atom. The first-order chi connectivity index (χ1) is 7.92. The Morgan fingerprint density at radius 2 is 2.38 bits per heavy atom. The second-order valence-electron chi connectivity index (χ2n) is 3.98. The van der Waals surface area contributed by atoms with E-state index in [1.54, 1.807) is 6.26 Å². The van der Waals surface area contributed by atoms with Crippen LogP contribution in [0.25, 0.3) is 0 Å². The van der Waals surface area contributed by atoms with Gasteiger partial charge in [-0.05, 0) is 12.1 Å². The predicted molar refractivity (Wildman–Crippen MR) is 58.0 cm³/mol. The van der Waals surface area contributed by atoms with E-state index < -0.39 is 0 Å². The Bertz CT molecular complexity index is 436. The van der Waals surface area contributed by atoms with Crippen LogP contribution in [0.2, 0.25) is 0 Å². The van der Waals surface area contributed by atoms with Crippen molar-refractivity contribution < 1.29 is 8.83 Å². The van der Waals surface area contributed by atoms with E-state index in [4.69, 9.17) is 8.83 Å². The quantitative estimate of drug-likeness (QED) is 0.851. The number of aromatic nitrogens is 1. The lowest BCUT2D eigenvalue weighted by Crippen LogP contribution is -2.22. The molecule has 0 bridgehead atoms. The third-order valence-electron chi connectivity index (χ3n) is 2.81. The number of rotatable bonds is 3. The molecule has 3 rings (SSSR count). The SMILES string of the molecule is c1coc(CCc2nc3c(o2)CCNC3)c1. The fourth-order valence-corrected chi connectivity index (χ4v) is 1.97. The van der Waals surface area contributed by atoms with Gasteiger partial charge < -0.3 is 14.2 Å². The van der Waals surface area contributed by atoms with Gasteiger partial charge in [0.05, 0.1) is 12.0 Å². The molecule has 4 nitrogen and oxygen atoms in total. The maximum Gasteiger partial charge on any atom is 0.195 e. The van der Waals surface area contributed by atoms with Crippen molar-refractivity contribution in [1.29, 1.82) is 0 Å². The Morgan fingerprint density at radius 3 is 3.19 bits per heavy atom. The summed E-state index contributed by atoms with van der Waals surface area (Å²) in [6, 6.07) is 3.88. The summed E-state index contributed by atoms with van der Waals surface area (Å²) in [5.74, 6) is 2.85. The third-order valence-corrected chi connectivity index (χ3v) is 2.81. The highest BCUT2D eigenvalue weighted by atomic mass is 16.4. The van der Waals surface area contributed by atoms with Gasteiger partial charge in [-0.2, -0.15) is 0 Å². The molecule has 16 heavy (non-hydrogen) atoms. The third kappa shape index (κ3) is 1.88. The molecule has 0 aliphatic carbocycles. The van der Waals surface area contributed by atoms with Crippen LogP contribution in [0.1, 0.15) is 23.1 Å². The monoisotopic (exact) mass is 218 g/mol. The number of fused-ring (bicyclic) bond motifs is 1. The first-order valence-corrected chi connectivity index (χ1v) is 5.62. The van der Waals surface area contributed by atoms with Crippen LogP contribution in [0.5, 0.6) is 0 Å². The molecule has 84 valence electrons. The first-order valence-electron chi connectivity index (χ1n) is 5.62. The van der Waals surface area contributed by atoms with Crippen molar-refractivity contribution in [3.05, 3.63) is 41.5 Å². The van der Waals surface area contributed by atoms with E-state index in [-0.39, 0.29) is 0 Å². The van der Waals surface area contributed by atoms with Gasteiger partial charge in [0, 0.05) is 32.4 Å². The van der Waals surface area contributed by atoms with Crippen LogP contribution in [0.4, 0.5) is 0 Å². The number of aryl methyl sites for hydroxylation is 2. The summed E-state index contributed by atoms with van der Waals surface area (Å²) in [5, 5.41) is 3.28. The zero-order chi connectivity index (χ0) is 10.8. The zero-order valence-corrected chi connectivity index (χ0v) is 9.03. The molecular weight excluding hydrogens is 204 g/mol. The summed E-state index contributed by atoms with van der Waals surface area (Å²) < 4.78 is 11.0. The van der Waals surface area contributed by atoms with Crippen molar-refractivity contribution in [3.63, 3.8) is 0 Å². The minimum atomic E-state index is 0.806. The normalized spacial score (nSPS) is 15.0. The second kappa shape index (κ2) is 4.14. The van der Waals surface area contributed by atoms with E-state index in [1.807, 2.05) is 12.1 Å². The maximum atomic E-state index is 5.71. The smallest absolute Gasteiger partial charge is 0.195 e. The fraction of sp³-hybridized carbons (Fsp3) is 0.417. The fourth-order valence-electron chi connectivity index (χ4n) is 1.97. The molecular formula is C12H14N2O2. The Kier molecular flexibility index (Phi) is 2.50. The second-order valence-corrected chi connectivity index (χ2v) is 3.98.